The molecule has 4 aromatic rings. The van der Waals surface area contributed by atoms with E-state index >= 15 is 0 Å². The number of benzene rings is 2. The van der Waals surface area contributed by atoms with E-state index in [9.17, 15) is 13.2 Å². The average molecular weight is 440 g/mol. The van der Waals surface area contributed by atoms with Gasteiger partial charge in [0.2, 0.25) is 10.0 Å². The smallest absolute Gasteiger partial charge is 0.257 e. The van der Waals surface area contributed by atoms with Gasteiger partial charge in [0.25, 0.3) is 5.91 Å². The molecule has 0 saturated heterocycles. The van der Waals surface area contributed by atoms with Gasteiger partial charge >= 0.3 is 0 Å². The summed E-state index contributed by atoms with van der Waals surface area (Å²) in [7, 11) is -2.31. The summed E-state index contributed by atoms with van der Waals surface area (Å²) < 4.78 is 29.7. The van der Waals surface area contributed by atoms with Crippen LogP contribution in [0.25, 0.3) is 27.9 Å². The number of carbonyl (C=O) groups excluding carboxylic acids is 1. The van der Waals surface area contributed by atoms with Crippen LogP contribution < -0.4 is 16.2 Å². The second-order valence-electron chi connectivity index (χ2n) is 6.77. The van der Waals surface area contributed by atoms with Crippen molar-refractivity contribution in [3.63, 3.8) is 0 Å². The number of fused-ring (bicyclic) bond motifs is 2. The number of primary sulfonamides is 1. The highest BCUT2D eigenvalue weighted by Crippen LogP contribution is 2.31. The summed E-state index contributed by atoms with van der Waals surface area (Å²) >= 11 is 0. The number of rotatable bonds is 6. The number of nitrogens with zero attached hydrogens (tertiary/aromatic N) is 3. The highest BCUT2D eigenvalue weighted by atomic mass is 32.2. The third kappa shape index (κ3) is 3.81. The minimum atomic E-state index is -3.85. The Labute approximate surface area is 177 Å². The molecular weight excluding hydrogens is 420 g/mol. The number of carbonyl (C=O) groups is 1. The number of hydrogen-bond acceptors (Lipinski definition) is 7. The van der Waals surface area contributed by atoms with Gasteiger partial charge in [-0.05, 0) is 36.4 Å². The number of ether oxygens (including phenoxy) is 1. The molecule has 0 aliphatic carbocycles. The molecule has 5 N–H and O–H groups in total. The van der Waals surface area contributed by atoms with Crippen LogP contribution in [0.15, 0.2) is 53.4 Å². The van der Waals surface area contributed by atoms with E-state index in [1.54, 1.807) is 28.8 Å². The largest absolute Gasteiger partial charge is 0.384 e. The van der Waals surface area contributed by atoms with Gasteiger partial charge in [0.15, 0.2) is 5.65 Å². The summed E-state index contributed by atoms with van der Waals surface area (Å²) in [5, 5.41) is 7.94. The van der Waals surface area contributed by atoms with Crippen molar-refractivity contribution in [2.75, 3.05) is 26.0 Å². The van der Waals surface area contributed by atoms with Crippen molar-refractivity contribution >= 4 is 43.9 Å². The highest BCUT2D eigenvalue weighted by molar-refractivity contribution is 7.89. The van der Waals surface area contributed by atoms with Crippen molar-refractivity contribution in [2.45, 2.75) is 4.90 Å². The summed E-state index contributed by atoms with van der Waals surface area (Å²) in [5.41, 5.74) is 9.02. The summed E-state index contributed by atoms with van der Waals surface area (Å²) in [6, 6.07) is 13.1. The van der Waals surface area contributed by atoms with E-state index in [1.807, 2.05) is 12.1 Å². The van der Waals surface area contributed by atoms with Crippen LogP contribution in [-0.4, -0.2) is 49.1 Å². The van der Waals surface area contributed by atoms with E-state index < -0.39 is 15.9 Å². The van der Waals surface area contributed by atoms with Crippen LogP contribution in [0.1, 0.15) is 10.4 Å². The number of para-hydroxylation sites is 2. The van der Waals surface area contributed by atoms with Crippen LogP contribution in [0.2, 0.25) is 0 Å². The van der Waals surface area contributed by atoms with Gasteiger partial charge in [-0.25, -0.2) is 23.5 Å². The lowest BCUT2D eigenvalue weighted by atomic mass is 10.2. The second-order valence-corrected chi connectivity index (χ2v) is 8.33. The van der Waals surface area contributed by atoms with Crippen molar-refractivity contribution < 1.29 is 17.9 Å². The first-order valence-electron chi connectivity index (χ1n) is 9.28. The zero-order valence-electron chi connectivity index (χ0n) is 16.6. The van der Waals surface area contributed by atoms with E-state index in [1.165, 1.54) is 19.2 Å². The Morgan fingerprint density at radius 1 is 1.10 bits per heavy atom. The molecule has 2 aromatic carbocycles. The molecule has 10 nitrogen and oxygen atoms in total. The Bertz CT molecular complexity index is 1400. The molecule has 4 rings (SSSR count). The number of nitrogens with two attached hydrogens (primary N) is 2. The van der Waals surface area contributed by atoms with Crippen molar-refractivity contribution in [1.29, 1.82) is 0 Å². The monoisotopic (exact) mass is 440 g/mol. The van der Waals surface area contributed by atoms with Crippen molar-refractivity contribution in [2.24, 2.45) is 5.14 Å². The van der Waals surface area contributed by atoms with Crippen LogP contribution in [0.3, 0.4) is 0 Å². The molecule has 160 valence electrons. The van der Waals surface area contributed by atoms with Crippen LogP contribution in [0.5, 0.6) is 0 Å². The predicted octanol–water partition coefficient (Wildman–Crippen LogP) is 1.18. The molecule has 1 amide bonds. The Morgan fingerprint density at radius 2 is 1.74 bits per heavy atom. The van der Waals surface area contributed by atoms with Gasteiger partial charge in [0.05, 0.1) is 22.5 Å². The van der Waals surface area contributed by atoms with Crippen LogP contribution in [0.4, 0.5) is 5.82 Å². The highest BCUT2D eigenvalue weighted by Gasteiger charge is 2.24. The number of amides is 1. The minimum Gasteiger partial charge on any atom is -0.384 e. The lowest BCUT2D eigenvalue weighted by Crippen LogP contribution is -2.27. The molecular formula is C20H20N6O4S. The van der Waals surface area contributed by atoms with Gasteiger partial charge in [0.1, 0.15) is 16.9 Å². The lowest BCUT2D eigenvalue weighted by Gasteiger charge is -2.09. The number of sulfonamides is 1. The maximum atomic E-state index is 12.9. The fourth-order valence-electron chi connectivity index (χ4n) is 3.29. The van der Waals surface area contributed by atoms with Gasteiger partial charge in [-0.2, -0.15) is 0 Å². The first-order chi connectivity index (χ1) is 14.8. The minimum absolute atomic E-state index is 0.0413. The molecule has 0 bridgehead atoms. The Balaban J connectivity index is 1.95. The zero-order chi connectivity index (χ0) is 22.2. The van der Waals surface area contributed by atoms with E-state index in [0.717, 1.165) is 0 Å². The topological polar surface area (TPSA) is 155 Å². The number of nitrogen functional groups attached to an aromatic ring is 1. The van der Waals surface area contributed by atoms with Crippen molar-refractivity contribution in [3.8, 4) is 5.69 Å². The van der Waals surface area contributed by atoms with Gasteiger partial charge in [-0.15, -0.1) is 0 Å². The molecule has 0 saturated carbocycles. The molecule has 0 aliphatic heterocycles. The summed E-state index contributed by atoms with van der Waals surface area (Å²) in [6.07, 6.45) is 0. The SMILES string of the molecule is COCCNC(=O)c1c(N)n(-c2ccc(S(N)(=O)=O)cc2)c2nc3ccccc3nc12. The van der Waals surface area contributed by atoms with Crippen LogP contribution in [-0.2, 0) is 14.8 Å². The normalized spacial score (nSPS) is 11.8. The molecule has 0 unspecified atom stereocenters. The molecule has 0 radical (unpaired) electrons. The van der Waals surface area contributed by atoms with Gasteiger partial charge in [0, 0.05) is 19.3 Å². The molecule has 2 aromatic heterocycles. The van der Waals surface area contributed by atoms with Crippen LogP contribution >= 0.6 is 0 Å². The predicted molar refractivity (Wildman–Crippen MR) is 116 cm³/mol. The van der Waals surface area contributed by atoms with Crippen LogP contribution in [0, 0.1) is 0 Å². The Hall–Kier alpha value is -3.54. The van der Waals surface area contributed by atoms with Gasteiger partial charge in [-0.3, -0.25) is 9.36 Å². The zero-order valence-corrected chi connectivity index (χ0v) is 17.4. The molecule has 2 heterocycles. The average Bonchev–Trinajstić information content (AvgIpc) is 3.02. The molecule has 31 heavy (non-hydrogen) atoms. The van der Waals surface area contributed by atoms with E-state index in [0.29, 0.717) is 41.0 Å². The number of methoxy groups -OCH3 is 1. The summed E-state index contributed by atoms with van der Waals surface area (Å²) in [4.78, 5) is 22.1. The number of aromatic nitrogens is 3. The van der Waals surface area contributed by atoms with Gasteiger partial charge < -0.3 is 15.8 Å². The molecule has 0 fully saturated rings. The lowest BCUT2D eigenvalue weighted by molar-refractivity contribution is 0.0939. The Kier molecular flexibility index (Phi) is 5.31. The first kappa shape index (κ1) is 20.7. The molecule has 11 heteroatoms. The van der Waals surface area contributed by atoms with E-state index in [-0.39, 0.29) is 16.3 Å². The quantitative estimate of drug-likeness (QED) is 0.380. The molecule has 0 aliphatic rings. The second kappa shape index (κ2) is 7.95. The number of hydrogen-bond donors (Lipinski definition) is 3. The number of nitrogens with one attached hydrogen (secondary N) is 1. The van der Waals surface area contributed by atoms with Crippen molar-refractivity contribution in [3.05, 3.63) is 54.1 Å². The van der Waals surface area contributed by atoms with Crippen molar-refractivity contribution in [1.82, 2.24) is 19.9 Å². The third-order valence-electron chi connectivity index (χ3n) is 4.74. The standard InChI is InChI=1S/C20H20N6O4S/c1-30-11-10-23-20(27)16-17-19(25-15-5-3-2-4-14(15)24-17)26(18(16)21)12-6-8-13(9-7-12)31(22,28)29/h2-9H,10-11,21H2,1H3,(H,23,27)(H2,22,28,29). The van der Waals surface area contributed by atoms with E-state index in [2.05, 4.69) is 15.3 Å². The molecule has 0 spiro atoms. The molecule has 0 atom stereocenters. The number of anilines is 1. The first-order valence-corrected chi connectivity index (χ1v) is 10.8. The van der Waals surface area contributed by atoms with E-state index in [4.69, 9.17) is 15.6 Å². The third-order valence-corrected chi connectivity index (χ3v) is 5.67. The Morgan fingerprint density at radius 3 is 2.35 bits per heavy atom. The van der Waals surface area contributed by atoms with Gasteiger partial charge in [-0.1, -0.05) is 12.1 Å². The fourth-order valence-corrected chi connectivity index (χ4v) is 3.80. The maximum Gasteiger partial charge on any atom is 0.257 e. The summed E-state index contributed by atoms with van der Waals surface area (Å²) in [6.45, 7) is 0.638. The summed E-state index contributed by atoms with van der Waals surface area (Å²) in [5.74, 6) is -0.285. The maximum absolute atomic E-state index is 12.9. The fraction of sp³-hybridized carbons (Fsp3) is 0.150.